The second kappa shape index (κ2) is 8.93. The highest BCUT2D eigenvalue weighted by Crippen LogP contribution is 2.33. The molecule has 5 nitrogen and oxygen atoms in total. The molecule has 5 heteroatoms. The van der Waals surface area contributed by atoms with Crippen molar-refractivity contribution in [1.29, 1.82) is 0 Å². The molecule has 0 bridgehead atoms. The first kappa shape index (κ1) is 19.2. The van der Waals surface area contributed by atoms with Gasteiger partial charge in [-0.2, -0.15) is 0 Å². The summed E-state index contributed by atoms with van der Waals surface area (Å²) in [5.41, 5.74) is 2.32. The number of ether oxygens (including phenoxy) is 1. The average molecular weight is 382 g/mol. The lowest BCUT2D eigenvalue weighted by atomic mass is 9.97. The molecule has 1 saturated heterocycles. The number of fused-ring (bicyclic) bond motifs is 1. The van der Waals surface area contributed by atoms with Crippen LogP contribution >= 0.6 is 0 Å². The van der Waals surface area contributed by atoms with Crippen LogP contribution in [0.1, 0.15) is 31.2 Å². The molecular formula is C23H31N3O2. The maximum absolute atomic E-state index is 13.3. The molecule has 4 rings (SSSR count). The van der Waals surface area contributed by atoms with Crippen LogP contribution in [0.5, 0.6) is 0 Å². The van der Waals surface area contributed by atoms with Crippen LogP contribution < -0.4 is 10.6 Å². The molecule has 1 aliphatic carbocycles. The van der Waals surface area contributed by atoms with Gasteiger partial charge in [0.05, 0.1) is 12.5 Å². The molecule has 1 atom stereocenters. The number of carbonyl (C=O) groups excluding carboxylic acids is 1. The number of carbonyl (C=O) groups is 1. The van der Waals surface area contributed by atoms with Crippen LogP contribution in [-0.4, -0.2) is 50.2 Å². The summed E-state index contributed by atoms with van der Waals surface area (Å²) in [6.07, 6.45) is 4.37. The summed E-state index contributed by atoms with van der Waals surface area (Å²) in [5.74, 6) is 0.458. The molecule has 0 aromatic heterocycles. The van der Waals surface area contributed by atoms with Gasteiger partial charge in [-0.05, 0) is 60.7 Å². The van der Waals surface area contributed by atoms with Crippen LogP contribution in [0.2, 0.25) is 0 Å². The average Bonchev–Trinajstić information content (AvgIpc) is 3.57. The zero-order valence-corrected chi connectivity index (χ0v) is 16.7. The van der Waals surface area contributed by atoms with Gasteiger partial charge in [-0.15, -0.1) is 0 Å². The Balaban J connectivity index is 1.59. The van der Waals surface area contributed by atoms with E-state index in [0.29, 0.717) is 25.1 Å². The monoisotopic (exact) mass is 381 g/mol. The minimum Gasteiger partial charge on any atom is -0.383 e. The third kappa shape index (κ3) is 4.47. The normalized spacial score (nSPS) is 19.5. The number of hydrogen-bond donors (Lipinski definition) is 2. The zero-order valence-electron chi connectivity index (χ0n) is 16.7. The van der Waals surface area contributed by atoms with Crippen molar-refractivity contribution in [3.63, 3.8) is 0 Å². The fraction of sp³-hybridized carbons (Fsp3) is 0.522. The van der Waals surface area contributed by atoms with E-state index in [4.69, 9.17) is 4.74 Å². The van der Waals surface area contributed by atoms with E-state index in [0.717, 1.165) is 51.0 Å². The number of hydrogen-bond acceptors (Lipinski definition) is 4. The van der Waals surface area contributed by atoms with Crippen molar-refractivity contribution in [3.05, 3.63) is 42.0 Å². The molecular weight excluding hydrogens is 350 g/mol. The van der Waals surface area contributed by atoms with Gasteiger partial charge in [0.1, 0.15) is 0 Å². The Hall–Kier alpha value is -2.11. The third-order valence-electron chi connectivity index (χ3n) is 5.84. The molecule has 150 valence electrons. The molecule has 1 amide bonds. The molecule has 1 saturated carbocycles. The summed E-state index contributed by atoms with van der Waals surface area (Å²) >= 11 is 0. The maximum Gasteiger partial charge on any atom is 0.227 e. The largest absolute Gasteiger partial charge is 0.383 e. The number of nitrogens with one attached hydrogen (secondary N) is 2. The number of nitrogens with zero attached hydrogens (tertiary/aromatic N) is 1. The predicted molar refractivity (Wildman–Crippen MR) is 113 cm³/mol. The fourth-order valence-electron chi connectivity index (χ4n) is 4.17. The van der Waals surface area contributed by atoms with Gasteiger partial charge >= 0.3 is 0 Å². The van der Waals surface area contributed by atoms with E-state index in [1.54, 1.807) is 7.11 Å². The minimum absolute atomic E-state index is 0.128. The predicted octanol–water partition coefficient (Wildman–Crippen LogP) is 3.39. The Morgan fingerprint density at radius 1 is 1.25 bits per heavy atom. The number of amides is 1. The Kier molecular flexibility index (Phi) is 6.13. The van der Waals surface area contributed by atoms with Gasteiger partial charge in [-0.3, -0.25) is 4.79 Å². The van der Waals surface area contributed by atoms with Gasteiger partial charge in [0.2, 0.25) is 5.91 Å². The van der Waals surface area contributed by atoms with Gasteiger partial charge in [0.25, 0.3) is 0 Å². The maximum atomic E-state index is 13.3. The van der Waals surface area contributed by atoms with Crippen molar-refractivity contribution in [3.8, 4) is 0 Å². The number of piperidine rings is 1. The summed E-state index contributed by atoms with van der Waals surface area (Å²) < 4.78 is 5.16. The molecule has 1 unspecified atom stereocenters. The van der Waals surface area contributed by atoms with Crippen LogP contribution in [0.25, 0.3) is 10.8 Å². The lowest BCUT2D eigenvalue weighted by Crippen LogP contribution is -2.43. The molecule has 28 heavy (non-hydrogen) atoms. The number of benzene rings is 2. The summed E-state index contributed by atoms with van der Waals surface area (Å²) in [5, 5.41) is 9.29. The summed E-state index contributed by atoms with van der Waals surface area (Å²) in [7, 11) is 1.72. The van der Waals surface area contributed by atoms with Crippen molar-refractivity contribution in [2.24, 2.45) is 5.92 Å². The van der Waals surface area contributed by atoms with E-state index < -0.39 is 0 Å². The summed E-state index contributed by atoms with van der Waals surface area (Å²) in [6, 6.07) is 13.3. The Morgan fingerprint density at radius 2 is 2.11 bits per heavy atom. The van der Waals surface area contributed by atoms with Crippen molar-refractivity contribution in [2.45, 2.75) is 38.3 Å². The molecule has 2 fully saturated rings. The van der Waals surface area contributed by atoms with E-state index >= 15 is 0 Å². The van der Waals surface area contributed by atoms with Gasteiger partial charge < -0.3 is 20.3 Å². The smallest absolute Gasteiger partial charge is 0.227 e. The lowest BCUT2D eigenvalue weighted by molar-refractivity contribution is -0.137. The van der Waals surface area contributed by atoms with Crippen molar-refractivity contribution >= 4 is 22.4 Å². The van der Waals surface area contributed by atoms with E-state index in [9.17, 15) is 4.79 Å². The third-order valence-corrected chi connectivity index (χ3v) is 5.84. The second-order valence-corrected chi connectivity index (χ2v) is 8.02. The molecule has 0 spiro atoms. The Labute approximate surface area is 167 Å². The van der Waals surface area contributed by atoms with Crippen LogP contribution in [0.15, 0.2) is 36.4 Å². The molecule has 2 N–H and O–H groups in total. The first-order valence-electron chi connectivity index (χ1n) is 10.5. The topological polar surface area (TPSA) is 53.6 Å². The highest BCUT2D eigenvalue weighted by molar-refractivity contribution is 5.89. The highest BCUT2D eigenvalue weighted by atomic mass is 16.5. The van der Waals surface area contributed by atoms with Crippen LogP contribution in [-0.2, 0) is 16.1 Å². The number of methoxy groups -OCH3 is 1. The van der Waals surface area contributed by atoms with Gasteiger partial charge in [0, 0.05) is 38.5 Å². The number of anilines is 1. The van der Waals surface area contributed by atoms with Crippen molar-refractivity contribution in [1.82, 2.24) is 10.2 Å². The SMILES string of the molecule is COCCNc1cc(CN(C(=O)C2CCCNC2)C2CC2)c2ccccc2c1. The van der Waals surface area contributed by atoms with E-state index in [1.165, 1.54) is 16.3 Å². The summed E-state index contributed by atoms with van der Waals surface area (Å²) in [6.45, 7) is 3.99. The van der Waals surface area contributed by atoms with E-state index in [-0.39, 0.29) is 5.92 Å². The second-order valence-electron chi connectivity index (χ2n) is 8.02. The molecule has 2 aromatic carbocycles. The molecule has 2 aliphatic rings. The quantitative estimate of drug-likeness (QED) is 0.688. The van der Waals surface area contributed by atoms with E-state index in [1.807, 2.05) is 0 Å². The molecule has 0 radical (unpaired) electrons. The summed E-state index contributed by atoms with van der Waals surface area (Å²) in [4.78, 5) is 15.4. The highest BCUT2D eigenvalue weighted by Gasteiger charge is 2.36. The lowest BCUT2D eigenvalue weighted by Gasteiger charge is -2.30. The first-order chi connectivity index (χ1) is 13.8. The standard InChI is InChI=1S/C23H31N3O2/c1-28-12-11-25-20-13-17-5-2-3-7-22(17)19(14-20)16-26(21-8-9-21)23(27)18-6-4-10-24-15-18/h2-3,5,7,13-14,18,21,24-25H,4,6,8-12,15-16H2,1H3. The van der Waals surface area contributed by atoms with Gasteiger partial charge in [-0.1, -0.05) is 24.3 Å². The van der Waals surface area contributed by atoms with Crippen molar-refractivity contribution in [2.75, 3.05) is 38.7 Å². The molecule has 1 aliphatic heterocycles. The van der Waals surface area contributed by atoms with Crippen LogP contribution in [0.4, 0.5) is 5.69 Å². The Bertz CT molecular complexity index is 813. The number of rotatable bonds is 8. The van der Waals surface area contributed by atoms with Crippen LogP contribution in [0.3, 0.4) is 0 Å². The van der Waals surface area contributed by atoms with Gasteiger partial charge in [-0.25, -0.2) is 0 Å². The fourth-order valence-corrected chi connectivity index (χ4v) is 4.17. The zero-order chi connectivity index (χ0) is 19.3. The van der Waals surface area contributed by atoms with Crippen LogP contribution in [0, 0.1) is 5.92 Å². The minimum atomic E-state index is 0.128. The molecule has 1 heterocycles. The molecule has 2 aromatic rings. The Morgan fingerprint density at radius 3 is 2.86 bits per heavy atom. The van der Waals surface area contributed by atoms with Crippen molar-refractivity contribution < 1.29 is 9.53 Å². The van der Waals surface area contributed by atoms with Gasteiger partial charge in [0.15, 0.2) is 0 Å². The van der Waals surface area contributed by atoms with E-state index in [2.05, 4.69) is 51.9 Å². The first-order valence-corrected chi connectivity index (χ1v) is 10.5.